The Morgan fingerprint density at radius 3 is 2.64 bits per heavy atom. The van der Waals surface area contributed by atoms with Crippen LogP contribution in [0.15, 0.2) is 27.1 Å². The molecule has 0 radical (unpaired) electrons. The highest BCUT2D eigenvalue weighted by atomic mass is 79.9. The maximum absolute atomic E-state index is 5.40. The Morgan fingerprint density at radius 2 is 2.00 bits per heavy atom. The van der Waals surface area contributed by atoms with Crippen LogP contribution in [0.5, 0.6) is 0 Å². The van der Waals surface area contributed by atoms with Crippen molar-refractivity contribution >= 4 is 31.9 Å². The van der Waals surface area contributed by atoms with Crippen molar-refractivity contribution in [2.45, 2.75) is 13.0 Å². The first-order valence-electron chi connectivity index (χ1n) is 4.58. The zero-order chi connectivity index (χ0) is 10.4. The highest BCUT2D eigenvalue weighted by Crippen LogP contribution is 2.23. The normalized spacial score (nSPS) is 10.5. The van der Waals surface area contributed by atoms with Crippen LogP contribution in [0.4, 0.5) is 0 Å². The topological polar surface area (TPSA) is 38.0 Å². The van der Waals surface area contributed by atoms with Crippen LogP contribution in [0, 0.1) is 0 Å². The third-order valence-electron chi connectivity index (χ3n) is 1.87. The molecule has 0 aromatic heterocycles. The van der Waals surface area contributed by atoms with E-state index in [1.807, 2.05) is 6.07 Å². The summed E-state index contributed by atoms with van der Waals surface area (Å²) in [5.41, 5.74) is 6.67. The fourth-order valence-corrected chi connectivity index (χ4v) is 1.78. The van der Waals surface area contributed by atoms with Gasteiger partial charge in [-0.1, -0.05) is 6.07 Å². The summed E-state index contributed by atoms with van der Waals surface area (Å²) in [5.74, 6) is 0. The zero-order valence-corrected chi connectivity index (χ0v) is 11.1. The highest BCUT2D eigenvalue weighted by molar-refractivity contribution is 9.13. The fourth-order valence-electron chi connectivity index (χ4n) is 1.11. The van der Waals surface area contributed by atoms with Gasteiger partial charge < -0.3 is 11.1 Å². The summed E-state index contributed by atoms with van der Waals surface area (Å²) in [7, 11) is 0. The van der Waals surface area contributed by atoms with Crippen molar-refractivity contribution in [3.63, 3.8) is 0 Å². The molecule has 2 nitrogen and oxygen atoms in total. The van der Waals surface area contributed by atoms with Crippen LogP contribution in [0.25, 0.3) is 0 Å². The molecule has 1 aromatic rings. The van der Waals surface area contributed by atoms with Crippen LogP contribution < -0.4 is 11.1 Å². The van der Waals surface area contributed by atoms with E-state index in [1.165, 1.54) is 5.56 Å². The third kappa shape index (κ3) is 4.09. The molecule has 0 amide bonds. The predicted molar refractivity (Wildman–Crippen MR) is 67.2 cm³/mol. The summed E-state index contributed by atoms with van der Waals surface area (Å²) in [6.07, 6.45) is 1.03. The summed E-state index contributed by atoms with van der Waals surface area (Å²) in [6, 6.07) is 6.26. The maximum atomic E-state index is 5.40. The number of nitrogens with two attached hydrogens (primary N) is 1. The lowest BCUT2D eigenvalue weighted by molar-refractivity contribution is 0.655. The number of hydrogen-bond donors (Lipinski definition) is 2. The summed E-state index contributed by atoms with van der Waals surface area (Å²) in [5, 5.41) is 3.33. The molecule has 1 aromatic carbocycles. The summed E-state index contributed by atoms with van der Waals surface area (Å²) in [6.45, 7) is 2.62. The van der Waals surface area contributed by atoms with E-state index >= 15 is 0 Å². The van der Waals surface area contributed by atoms with Crippen molar-refractivity contribution in [3.8, 4) is 0 Å². The van der Waals surface area contributed by atoms with Gasteiger partial charge in [0, 0.05) is 15.5 Å². The van der Waals surface area contributed by atoms with E-state index in [1.54, 1.807) is 0 Å². The minimum absolute atomic E-state index is 0.747. The number of hydrogen-bond acceptors (Lipinski definition) is 2. The average molecular weight is 322 g/mol. The van der Waals surface area contributed by atoms with E-state index in [0.29, 0.717) is 0 Å². The second-order valence-electron chi connectivity index (χ2n) is 3.07. The van der Waals surface area contributed by atoms with Crippen molar-refractivity contribution in [2.24, 2.45) is 5.73 Å². The van der Waals surface area contributed by atoms with E-state index < -0.39 is 0 Å². The van der Waals surface area contributed by atoms with Gasteiger partial charge in [0.2, 0.25) is 0 Å². The van der Waals surface area contributed by atoms with Gasteiger partial charge in [0.05, 0.1) is 0 Å². The Labute approximate surface area is 102 Å². The number of benzene rings is 1. The zero-order valence-electron chi connectivity index (χ0n) is 7.89. The van der Waals surface area contributed by atoms with Crippen LogP contribution in [0.3, 0.4) is 0 Å². The first kappa shape index (κ1) is 12.2. The molecule has 0 heterocycles. The minimum Gasteiger partial charge on any atom is -0.330 e. The largest absolute Gasteiger partial charge is 0.330 e. The summed E-state index contributed by atoms with van der Waals surface area (Å²) in [4.78, 5) is 0. The molecule has 0 spiro atoms. The van der Waals surface area contributed by atoms with Crippen molar-refractivity contribution in [1.29, 1.82) is 0 Å². The molecular formula is C10H14Br2N2. The second-order valence-corrected chi connectivity index (χ2v) is 4.78. The molecule has 1 rings (SSSR count). The van der Waals surface area contributed by atoms with Gasteiger partial charge in [-0.25, -0.2) is 0 Å². The van der Waals surface area contributed by atoms with Gasteiger partial charge in [0.1, 0.15) is 0 Å². The average Bonchev–Trinajstić information content (AvgIpc) is 2.18. The van der Waals surface area contributed by atoms with Gasteiger partial charge in [-0.15, -0.1) is 0 Å². The summed E-state index contributed by atoms with van der Waals surface area (Å²) >= 11 is 6.91. The fraction of sp³-hybridized carbons (Fsp3) is 0.400. The van der Waals surface area contributed by atoms with Gasteiger partial charge in [0.15, 0.2) is 0 Å². The van der Waals surface area contributed by atoms with Gasteiger partial charge >= 0.3 is 0 Å². The van der Waals surface area contributed by atoms with Gasteiger partial charge in [-0.2, -0.15) is 0 Å². The second kappa shape index (κ2) is 6.56. The third-order valence-corrected chi connectivity index (χ3v) is 3.75. The van der Waals surface area contributed by atoms with Crippen LogP contribution in [-0.2, 0) is 6.54 Å². The number of rotatable bonds is 5. The van der Waals surface area contributed by atoms with Gasteiger partial charge in [0.25, 0.3) is 0 Å². The van der Waals surface area contributed by atoms with Crippen LogP contribution in [0.1, 0.15) is 12.0 Å². The molecule has 4 heteroatoms. The molecule has 0 aliphatic heterocycles. The molecule has 0 saturated heterocycles. The molecule has 0 bridgehead atoms. The monoisotopic (exact) mass is 320 g/mol. The quantitative estimate of drug-likeness (QED) is 0.818. The number of nitrogens with one attached hydrogen (secondary N) is 1. The van der Waals surface area contributed by atoms with E-state index in [-0.39, 0.29) is 0 Å². The Bertz CT molecular complexity index is 289. The van der Waals surface area contributed by atoms with Crippen LogP contribution >= 0.6 is 31.9 Å². The first-order valence-corrected chi connectivity index (χ1v) is 6.17. The Hall–Kier alpha value is 0.1000. The lowest BCUT2D eigenvalue weighted by atomic mass is 10.2. The van der Waals surface area contributed by atoms with E-state index in [0.717, 1.165) is 35.0 Å². The lowest BCUT2D eigenvalue weighted by Crippen LogP contribution is -2.17. The van der Waals surface area contributed by atoms with E-state index in [4.69, 9.17) is 5.73 Å². The Balaban J connectivity index is 2.39. The van der Waals surface area contributed by atoms with Crippen molar-refractivity contribution in [2.75, 3.05) is 13.1 Å². The van der Waals surface area contributed by atoms with Crippen LogP contribution in [-0.4, -0.2) is 13.1 Å². The van der Waals surface area contributed by atoms with Crippen molar-refractivity contribution in [3.05, 3.63) is 32.7 Å². The molecule has 3 N–H and O–H groups in total. The summed E-state index contributed by atoms with van der Waals surface area (Å²) < 4.78 is 2.18. The van der Waals surface area contributed by atoms with Gasteiger partial charge in [-0.05, 0) is 69.1 Å². The molecule has 14 heavy (non-hydrogen) atoms. The molecule has 0 atom stereocenters. The first-order chi connectivity index (χ1) is 6.74. The Morgan fingerprint density at radius 1 is 1.21 bits per heavy atom. The minimum atomic E-state index is 0.747. The van der Waals surface area contributed by atoms with Crippen molar-refractivity contribution < 1.29 is 0 Å². The highest BCUT2D eigenvalue weighted by Gasteiger charge is 1.97. The standard InChI is InChI=1S/C10H14Br2N2/c11-9-3-2-8(6-10(9)12)7-14-5-1-4-13/h2-3,6,14H,1,4-5,7,13H2. The molecule has 78 valence electrons. The molecule has 0 saturated carbocycles. The Kier molecular flexibility index (Phi) is 5.70. The predicted octanol–water partition coefficient (Wildman–Crippen LogP) is 2.65. The molecular weight excluding hydrogens is 308 g/mol. The van der Waals surface area contributed by atoms with E-state index in [2.05, 4.69) is 49.3 Å². The van der Waals surface area contributed by atoms with Crippen molar-refractivity contribution in [1.82, 2.24) is 5.32 Å². The van der Waals surface area contributed by atoms with Crippen LogP contribution in [0.2, 0.25) is 0 Å². The van der Waals surface area contributed by atoms with Gasteiger partial charge in [-0.3, -0.25) is 0 Å². The molecule has 0 fully saturated rings. The molecule has 0 aliphatic rings. The van der Waals surface area contributed by atoms with E-state index in [9.17, 15) is 0 Å². The maximum Gasteiger partial charge on any atom is 0.0320 e. The SMILES string of the molecule is NCCCNCc1ccc(Br)c(Br)c1. The number of halogens is 2. The smallest absolute Gasteiger partial charge is 0.0320 e. The lowest BCUT2D eigenvalue weighted by Gasteiger charge is -2.05. The molecule has 0 unspecified atom stereocenters. The molecule has 0 aliphatic carbocycles.